The minimum absolute atomic E-state index is 0.0969. The second-order valence-electron chi connectivity index (χ2n) is 4.93. The summed E-state index contributed by atoms with van der Waals surface area (Å²) in [5, 5.41) is 10.6. The highest BCUT2D eigenvalue weighted by atomic mass is 19.4. The first-order valence-electron chi connectivity index (χ1n) is 6.08. The molecule has 2 rings (SSSR count). The van der Waals surface area contributed by atoms with Crippen molar-refractivity contribution in [2.75, 3.05) is 0 Å². The first kappa shape index (κ1) is 13.9. The third-order valence-corrected chi connectivity index (χ3v) is 3.21. The third kappa shape index (κ3) is 2.73. The van der Waals surface area contributed by atoms with Gasteiger partial charge in [-0.05, 0) is 27.8 Å². The molecule has 4 heteroatoms. The Morgan fingerprint density at radius 2 is 1.74 bits per heavy atom. The Labute approximate surface area is 109 Å². The maximum absolute atomic E-state index is 12.6. The van der Waals surface area contributed by atoms with Crippen LogP contribution >= 0.6 is 0 Å². The van der Waals surface area contributed by atoms with Crippen molar-refractivity contribution in [3.63, 3.8) is 0 Å². The zero-order valence-corrected chi connectivity index (χ0v) is 10.7. The number of hydrogen-bond acceptors (Lipinski definition) is 1. The van der Waals surface area contributed by atoms with Crippen LogP contribution in [0.25, 0.3) is 10.8 Å². The van der Waals surface area contributed by atoms with Crippen LogP contribution in [0.15, 0.2) is 36.4 Å². The van der Waals surface area contributed by atoms with Gasteiger partial charge in [-0.2, -0.15) is 13.2 Å². The third-order valence-electron chi connectivity index (χ3n) is 3.21. The van der Waals surface area contributed by atoms with Gasteiger partial charge in [0.15, 0.2) is 6.10 Å². The molecule has 0 bridgehead atoms. The van der Waals surface area contributed by atoms with E-state index in [0.717, 1.165) is 5.56 Å². The Bertz CT molecular complexity index is 587. The molecule has 0 fully saturated rings. The standard InChI is InChI=1S/C15H15F3O/c1-9(2)10-6-7-12-11(8-10)4-3-5-13(12)14(19)15(16,17)18/h3-9,14,19H,1-2H3. The summed E-state index contributed by atoms with van der Waals surface area (Å²) in [5.41, 5.74) is 0.964. The van der Waals surface area contributed by atoms with Gasteiger partial charge in [0, 0.05) is 0 Å². The van der Waals surface area contributed by atoms with E-state index in [4.69, 9.17) is 0 Å². The topological polar surface area (TPSA) is 20.2 Å². The number of aliphatic hydroxyl groups excluding tert-OH is 1. The predicted molar refractivity (Wildman–Crippen MR) is 69.1 cm³/mol. The van der Waals surface area contributed by atoms with E-state index in [1.807, 2.05) is 19.9 Å². The Balaban J connectivity index is 2.58. The lowest BCUT2D eigenvalue weighted by atomic mass is 9.95. The first-order chi connectivity index (χ1) is 8.80. The molecule has 1 nitrogen and oxygen atoms in total. The van der Waals surface area contributed by atoms with Gasteiger partial charge >= 0.3 is 6.18 Å². The largest absolute Gasteiger partial charge is 0.418 e. The molecule has 1 atom stereocenters. The van der Waals surface area contributed by atoms with Gasteiger partial charge in [0.1, 0.15) is 0 Å². The van der Waals surface area contributed by atoms with E-state index in [1.54, 1.807) is 18.2 Å². The van der Waals surface area contributed by atoms with E-state index in [1.165, 1.54) is 12.1 Å². The summed E-state index contributed by atoms with van der Waals surface area (Å²) >= 11 is 0. The zero-order chi connectivity index (χ0) is 14.2. The summed E-state index contributed by atoms with van der Waals surface area (Å²) in [7, 11) is 0. The van der Waals surface area contributed by atoms with Crippen molar-refractivity contribution in [1.82, 2.24) is 0 Å². The molecule has 0 spiro atoms. The maximum atomic E-state index is 12.6. The SMILES string of the molecule is CC(C)c1ccc2c(C(O)C(F)(F)F)cccc2c1. The molecule has 0 saturated carbocycles. The van der Waals surface area contributed by atoms with Gasteiger partial charge in [0.05, 0.1) is 0 Å². The lowest BCUT2D eigenvalue weighted by Gasteiger charge is -2.17. The maximum Gasteiger partial charge on any atom is 0.418 e. The summed E-state index contributed by atoms with van der Waals surface area (Å²) < 4.78 is 37.9. The molecule has 0 amide bonds. The highest BCUT2D eigenvalue weighted by molar-refractivity contribution is 5.86. The van der Waals surface area contributed by atoms with Crippen LogP contribution < -0.4 is 0 Å². The fraction of sp³-hybridized carbons (Fsp3) is 0.333. The summed E-state index contributed by atoms with van der Waals surface area (Å²) in [6, 6.07) is 9.93. The van der Waals surface area contributed by atoms with Crippen molar-refractivity contribution in [2.24, 2.45) is 0 Å². The van der Waals surface area contributed by atoms with E-state index in [0.29, 0.717) is 16.7 Å². The van der Waals surface area contributed by atoms with Crippen molar-refractivity contribution < 1.29 is 18.3 Å². The number of alkyl halides is 3. The van der Waals surface area contributed by atoms with E-state index >= 15 is 0 Å². The molecule has 0 aliphatic rings. The van der Waals surface area contributed by atoms with E-state index in [-0.39, 0.29) is 5.56 Å². The molecule has 1 N–H and O–H groups in total. The average molecular weight is 268 g/mol. The Morgan fingerprint density at radius 3 is 2.32 bits per heavy atom. The van der Waals surface area contributed by atoms with Crippen LogP contribution in [0.5, 0.6) is 0 Å². The van der Waals surface area contributed by atoms with Gasteiger partial charge in [-0.1, -0.05) is 50.2 Å². The summed E-state index contributed by atoms with van der Waals surface area (Å²) in [6.45, 7) is 4.05. The number of benzene rings is 2. The van der Waals surface area contributed by atoms with Gasteiger partial charge in [-0.3, -0.25) is 0 Å². The van der Waals surface area contributed by atoms with Gasteiger partial charge in [0.2, 0.25) is 0 Å². The van der Waals surface area contributed by atoms with Crippen molar-refractivity contribution >= 4 is 10.8 Å². The van der Waals surface area contributed by atoms with Crippen molar-refractivity contribution in [1.29, 1.82) is 0 Å². The number of rotatable bonds is 2. The van der Waals surface area contributed by atoms with Crippen molar-refractivity contribution in [2.45, 2.75) is 32.0 Å². The molecular formula is C15H15F3O. The van der Waals surface area contributed by atoms with Crippen molar-refractivity contribution in [3.05, 3.63) is 47.5 Å². The molecule has 0 heterocycles. The quantitative estimate of drug-likeness (QED) is 0.846. The lowest BCUT2D eigenvalue weighted by molar-refractivity contribution is -0.206. The molecule has 0 aliphatic carbocycles. The minimum Gasteiger partial charge on any atom is -0.379 e. The highest BCUT2D eigenvalue weighted by Gasteiger charge is 2.40. The highest BCUT2D eigenvalue weighted by Crippen LogP contribution is 2.36. The first-order valence-corrected chi connectivity index (χ1v) is 6.08. The molecule has 102 valence electrons. The summed E-state index contributed by atoms with van der Waals surface area (Å²) in [5.74, 6) is 0.306. The Hall–Kier alpha value is -1.55. The number of aliphatic hydroxyl groups is 1. The van der Waals surface area contributed by atoms with Crippen LogP contribution in [0.3, 0.4) is 0 Å². The van der Waals surface area contributed by atoms with Crippen LogP contribution in [-0.4, -0.2) is 11.3 Å². The summed E-state index contributed by atoms with van der Waals surface area (Å²) in [6.07, 6.45) is -7.09. The second-order valence-corrected chi connectivity index (χ2v) is 4.93. The van der Waals surface area contributed by atoms with Gasteiger partial charge in [0.25, 0.3) is 0 Å². The number of hydrogen-bond donors (Lipinski definition) is 1. The Morgan fingerprint density at radius 1 is 1.05 bits per heavy atom. The average Bonchev–Trinajstić information content (AvgIpc) is 2.35. The molecule has 0 radical (unpaired) electrons. The molecule has 2 aromatic rings. The normalized spacial score (nSPS) is 14.1. The minimum atomic E-state index is -4.65. The van der Waals surface area contributed by atoms with E-state index in [9.17, 15) is 18.3 Å². The van der Waals surface area contributed by atoms with E-state index in [2.05, 4.69) is 0 Å². The Kier molecular flexibility index (Phi) is 3.54. The molecule has 1 unspecified atom stereocenters. The van der Waals surface area contributed by atoms with Gasteiger partial charge < -0.3 is 5.11 Å². The molecule has 0 aliphatic heterocycles. The summed E-state index contributed by atoms with van der Waals surface area (Å²) in [4.78, 5) is 0. The van der Waals surface area contributed by atoms with E-state index < -0.39 is 12.3 Å². The molecule has 19 heavy (non-hydrogen) atoms. The van der Waals surface area contributed by atoms with Crippen molar-refractivity contribution in [3.8, 4) is 0 Å². The van der Waals surface area contributed by atoms with Gasteiger partial charge in [-0.15, -0.1) is 0 Å². The molecule has 2 aromatic carbocycles. The second kappa shape index (κ2) is 4.85. The van der Waals surface area contributed by atoms with Crippen LogP contribution in [-0.2, 0) is 0 Å². The number of halogens is 3. The van der Waals surface area contributed by atoms with Crippen LogP contribution in [0.1, 0.15) is 37.0 Å². The van der Waals surface area contributed by atoms with Gasteiger partial charge in [-0.25, -0.2) is 0 Å². The molecule has 0 aromatic heterocycles. The fourth-order valence-electron chi connectivity index (χ4n) is 2.10. The van der Waals surface area contributed by atoms with Crippen LogP contribution in [0.4, 0.5) is 13.2 Å². The molecular weight excluding hydrogens is 253 g/mol. The lowest BCUT2D eigenvalue weighted by Crippen LogP contribution is -2.20. The number of fused-ring (bicyclic) bond motifs is 1. The van der Waals surface area contributed by atoms with Crippen LogP contribution in [0.2, 0.25) is 0 Å². The molecule has 0 saturated heterocycles. The fourth-order valence-corrected chi connectivity index (χ4v) is 2.10. The zero-order valence-electron chi connectivity index (χ0n) is 10.7. The van der Waals surface area contributed by atoms with Crippen LogP contribution in [0, 0.1) is 0 Å². The monoisotopic (exact) mass is 268 g/mol. The predicted octanol–water partition coefficient (Wildman–Crippen LogP) is 4.56. The smallest absolute Gasteiger partial charge is 0.379 e.